The Kier molecular flexibility index (Phi) is 5.50. The van der Waals surface area contributed by atoms with E-state index in [1.54, 1.807) is 24.3 Å². The van der Waals surface area contributed by atoms with Gasteiger partial charge in [-0.3, -0.25) is 4.79 Å². The molecule has 2 fully saturated rings. The van der Waals surface area contributed by atoms with Crippen LogP contribution in [0.5, 0.6) is 0 Å². The standard InChI is InChI=1S/C21H24ClN3O2/c22-17-5-3-4-16(14-17)21(26)23-19-15-18(24-10-12-27-13-11-24)6-7-20(19)25-8-1-2-9-25/h3-7,14-15H,1-2,8-13H2,(H,23,26). The minimum atomic E-state index is -0.142. The van der Waals surface area contributed by atoms with Crippen molar-refractivity contribution in [3.63, 3.8) is 0 Å². The quantitative estimate of drug-likeness (QED) is 0.863. The molecule has 2 aromatic rings. The topological polar surface area (TPSA) is 44.8 Å². The van der Waals surface area contributed by atoms with Crippen molar-refractivity contribution in [3.8, 4) is 0 Å². The summed E-state index contributed by atoms with van der Waals surface area (Å²) in [6.45, 7) is 5.25. The van der Waals surface area contributed by atoms with Crippen LogP contribution in [0.3, 0.4) is 0 Å². The van der Waals surface area contributed by atoms with Gasteiger partial charge in [0, 0.05) is 42.5 Å². The van der Waals surface area contributed by atoms with Gasteiger partial charge >= 0.3 is 0 Å². The lowest BCUT2D eigenvalue weighted by atomic mass is 10.1. The number of rotatable bonds is 4. The zero-order valence-electron chi connectivity index (χ0n) is 15.3. The Bertz CT molecular complexity index is 815. The first-order valence-electron chi connectivity index (χ1n) is 9.49. The van der Waals surface area contributed by atoms with Crippen molar-refractivity contribution in [3.05, 3.63) is 53.1 Å². The van der Waals surface area contributed by atoms with Crippen LogP contribution in [-0.2, 0) is 4.74 Å². The molecule has 27 heavy (non-hydrogen) atoms. The molecule has 0 radical (unpaired) electrons. The number of benzene rings is 2. The number of nitrogens with zero attached hydrogens (tertiary/aromatic N) is 2. The molecule has 2 saturated heterocycles. The van der Waals surface area contributed by atoms with Crippen molar-refractivity contribution in [2.75, 3.05) is 54.5 Å². The van der Waals surface area contributed by atoms with Crippen molar-refractivity contribution < 1.29 is 9.53 Å². The van der Waals surface area contributed by atoms with Gasteiger partial charge in [-0.25, -0.2) is 0 Å². The van der Waals surface area contributed by atoms with E-state index in [-0.39, 0.29) is 5.91 Å². The monoisotopic (exact) mass is 385 g/mol. The second kappa shape index (κ2) is 8.19. The molecule has 0 aliphatic carbocycles. The maximum absolute atomic E-state index is 12.8. The summed E-state index contributed by atoms with van der Waals surface area (Å²) in [5, 5.41) is 3.67. The molecule has 0 saturated carbocycles. The third-order valence-electron chi connectivity index (χ3n) is 5.14. The summed E-state index contributed by atoms with van der Waals surface area (Å²) in [7, 11) is 0. The molecule has 0 atom stereocenters. The fraction of sp³-hybridized carbons (Fsp3) is 0.381. The molecular formula is C21H24ClN3O2. The average Bonchev–Trinajstić information content (AvgIpc) is 3.23. The molecule has 0 unspecified atom stereocenters. The van der Waals surface area contributed by atoms with Crippen LogP contribution in [0.25, 0.3) is 0 Å². The second-order valence-corrected chi connectivity index (χ2v) is 7.40. The van der Waals surface area contributed by atoms with Crippen molar-refractivity contribution in [2.24, 2.45) is 0 Å². The molecule has 2 aromatic carbocycles. The Morgan fingerprint density at radius 2 is 1.74 bits per heavy atom. The Morgan fingerprint density at radius 1 is 0.963 bits per heavy atom. The van der Waals surface area contributed by atoms with Gasteiger partial charge in [-0.2, -0.15) is 0 Å². The lowest BCUT2D eigenvalue weighted by Gasteiger charge is -2.30. The van der Waals surface area contributed by atoms with Gasteiger partial charge < -0.3 is 19.9 Å². The molecule has 2 aliphatic rings. The van der Waals surface area contributed by atoms with E-state index < -0.39 is 0 Å². The lowest BCUT2D eigenvalue weighted by Crippen LogP contribution is -2.36. The number of halogens is 1. The minimum absolute atomic E-state index is 0.142. The number of amides is 1. The molecule has 0 bridgehead atoms. The number of hydrogen-bond acceptors (Lipinski definition) is 4. The van der Waals surface area contributed by atoms with Crippen molar-refractivity contribution in [1.82, 2.24) is 0 Å². The van der Waals surface area contributed by atoms with Crippen LogP contribution in [0.1, 0.15) is 23.2 Å². The first-order valence-corrected chi connectivity index (χ1v) is 9.87. The van der Waals surface area contributed by atoms with Gasteiger partial charge in [0.2, 0.25) is 0 Å². The molecular weight excluding hydrogens is 362 g/mol. The fourth-order valence-corrected chi connectivity index (χ4v) is 3.89. The summed E-state index contributed by atoms with van der Waals surface area (Å²) in [6, 6.07) is 13.4. The van der Waals surface area contributed by atoms with Crippen LogP contribution < -0.4 is 15.1 Å². The van der Waals surface area contributed by atoms with E-state index in [0.29, 0.717) is 10.6 Å². The van der Waals surface area contributed by atoms with Gasteiger partial charge in [0.25, 0.3) is 5.91 Å². The zero-order chi connectivity index (χ0) is 18.6. The second-order valence-electron chi connectivity index (χ2n) is 6.96. The van der Waals surface area contributed by atoms with Crippen molar-refractivity contribution in [1.29, 1.82) is 0 Å². The van der Waals surface area contributed by atoms with Crippen LogP contribution in [0.4, 0.5) is 17.1 Å². The number of carbonyl (C=O) groups excluding carboxylic acids is 1. The minimum Gasteiger partial charge on any atom is -0.378 e. The van der Waals surface area contributed by atoms with Gasteiger partial charge in [0.15, 0.2) is 0 Å². The SMILES string of the molecule is O=C(Nc1cc(N2CCOCC2)ccc1N1CCCC1)c1cccc(Cl)c1. The van der Waals surface area contributed by atoms with E-state index in [0.717, 1.165) is 56.5 Å². The van der Waals surface area contributed by atoms with Gasteiger partial charge in [-0.15, -0.1) is 0 Å². The predicted octanol–water partition coefficient (Wildman–Crippen LogP) is 4.03. The Labute approximate surface area is 164 Å². The highest BCUT2D eigenvalue weighted by molar-refractivity contribution is 6.31. The largest absolute Gasteiger partial charge is 0.378 e. The van der Waals surface area contributed by atoms with Gasteiger partial charge in [0.1, 0.15) is 0 Å². The molecule has 6 heteroatoms. The molecule has 2 heterocycles. The number of anilines is 3. The highest BCUT2D eigenvalue weighted by atomic mass is 35.5. The van der Waals surface area contributed by atoms with Crippen molar-refractivity contribution >= 4 is 34.6 Å². The van der Waals surface area contributed by atoms with Crippen LogP contribution in [0, 0.1) is 0 Å². The summed E-state index contributed by atoms with van der Waals surface area (Å²) in [5.41, 5.74) is 3.61. The molecule has 4 rings (SSSR count). The number of carbonyl (C=O) groups is 1. The maximum atomic E-state index is 12.8. The molecule has 1 N–H and O–H groups in total. The molecule has 142 valence electrons. The highest BCUT2D eigenvalue weighted by Gasteiger charge is 2.20. The van der Waals surface area contributed by atoms with Crippen LogP contribution in [-0.4, -0.2) is 45.3 Å². The highest BCUT2D eigenvalue weighted by Crippen LogP contribution is 2.33. The van der Waals surface area contributed by atoms with Gasteiger partial charge in [0.05, 0.1) is 24.6 Å². The number of nitrogens with one attached hydrogen (secondary N) is 1. The molecule has 5 nitrogen and oxygen atoms in total. The van der Waals surface area contributed by atoms with E-state index in [2.05, 4.69) is 33.3 Å². The normalized spacial score (nSPS) is 17.2. The maximum Gasteiger partial charge on any atom is 0.255 e. The number of morpholine rings is 1. The zero-order valence-corrected chi connectivity index (χ0v) is 16.0. The molecule has 2 aliphatic heterocycles. The van der Waals surface area contributed by atoms with Crippen molar-refractivity contribution in [2.45, 2.75) is 12.8 Å². The molecule has 0 aromatic heterocycles. The molecule has 1 amide bonds. The smallest absolute Gasteiger partial charge is 0.255 e. The van der Waals surface area contributed by atoms with Gasteiger partial charge in [-0.05, 0) is 49.2 Å². The van der Waals surface area contributed by atoms with E-state index >= 15 is 0 Å². The Morgan fingerprint density at radius 3 is 2.48 bits per heavy atom. The molecule has 0 spiro atoms. The van der Waals surface area contributed by atoms with Gasteiger partial charge in [-0.1, -0.05) is 17.7 Å². The predicted molar refractivity (Wildman–Crippen MR) is 110 cm³/mol. The first kappa shape index (κ1) is 18.1. The average molecular weight is 386 g/mol. The number of ether oxygens (including phenoxy) is 1. The fourth-order valence-electron chi connectivity index (χ4n) is 3.70. The Hall–Kier alpha value is -2.24. The third kappa shape index (κ3) is 4.20. The summed E-state index contributed by atoms with van der Waals surface area (Å²) < 4.78 is 5.46. The van der Waals surface area contributed by atoms with Crippen LogP contribution in [0.2, 0.25) is 5.02 Å². The Balaban J connectivity index is 1.63. The lowest BCUT2D eigenvalue weighted by molar-refractivity contribution is 0.102. The number of hydrogen-bond donors (Lipinski definition) is 1. The van der Waals surface area contributed by atoms with E-state index in [4.69, 9.17) is 16.3 Å². The van der Waals surface area contributed by atoms with Crippen LogP contribution >= 0.6 is 11.6 Å². The van der Waals surface area contributed by atoms with Crippen LogP contribution in [0.15, 0.2) is 42.5 Å². The summed E-state index contributed by atoms with van der Waals surface area (Å²) in [5.74, 6) is -0.142. The van der Waals surface area contributed by atoms with E-state index in [1.807, 2.05) is 0 Å². The summed E-state index contributed by atoms with van der Waals surface area (Å²) in [4.78, 5) is 17.4. The third-order valence-corrected chi connectivity index (χ3v) is 5.37. The van der Waals surface area contributed by atoms with E-state index in [1.165, 1.54) is 12.8 Å². The summed E-state index contributed by atoms with van der Waals surface area (Å²) in [6.07, 6.45) is 2.37. The van der Waals surface area contributed by atoms with E-state index in [9.17, 15) is 4.79 Å². The summed E-state index contributed by atoms with van der Waals surface area (Å²) >= 11 is 6.05. The first-order chi connectivity index (χ1) is 13.2.